The number of hydrogen-bond acceptors (Lipinski definition) is 1. The van der Waals surface area contributed by atoms with Crippen molar-refractivity contribution in [1.82, 2.24) is 0 Å². The molecule has 0 heterocycles. The smallest absolute Gasteiger partial charge is 0.309 e. The molecule has 2 nitrogen and oxygen atoms in total. The van der Waals surface area contributed by atoms with Gasteiger partial charge in [0.2, 0.25) is 0 Å². The maximum absolute atomic E-state index is 11.3. The number of rotatable bonds is 4. The summed E-state index contributed by atoms with van der Waals surface area (Å²) in [6.07, 6.45) is 6.11. The molecular weight excluding hydrogens is 188 g/mol. The molecule has 15 heavy (non-hydrogen) atoms. The molecule has 0 saturated heterocycles. The summed E-state index contributed by atoms with van der Waals surface area (Å²) in [6, 6.07) is 0. The Hall–Kier alpha value is -0.790. The van der Waals surface area contributed by atoms with Crippen LogP contribution in [0.4, 0.5) is 0 Å². The number of carboxylic acids is 1. The monoisotopic (exact) mass is 210 g/mol. The molecular formula is C13H22O2. The Kier molecular flexibility index (Phi) is 3.95. The highest BCUT2D eigenvalue weighted by Gasteiger charge is 2.41. The van der Waals surface area contributed by atoms with Gasteiger partial charge in [0.1, 0.15) is 0 Å². The first-order valence-corrected chi connectivity index (χ1v) is 5.86. The van der Waals surface area contributed by atoms with E-state index in [-0.39, 0.29) is 0 Å². The molecule has 1 N–H and O–H groups in total. The molecule has 0 spiro atoms. The van der Waals surface area contributed by atoms with Gasteiger partial charge in [-0.2, -0.15) is 0 Å². The summed E-state index contributed by atoms with van der Waals surface area (Å²) < 4.78 is 0. The lowest BCUT2D eigenvalue weighted by Crippen LogP contribution is -2.36. The standard InChI is InChI=1S/C13H22O2/c1-4-7-13(12(14)15)8-5-11(6-9-13)10(2)3/h4,10-11H,1,5-9H2,2-3H3,(H,14,15). The van der Waals surface area contributed by atoms with Gasteiger partial charge in [0.25, 0.3) is 0 Å². The maximum atomic E-state index is 11.3. The van der Waals surface area contributed by atoms with Crippen LogP contribution >= 0.6 is 0 Å². The van der Waals surface area contributed by atoms with Crippen LogP contribution in [0.15, 0.2) is 12.7 Å². The van der Waals surface area contributed by atoms with Crippen molar-refractivity contribution in [3.05, 3.63) is 12.7 Å². The zero-order valence-electron chi connectivity index (χ0n) is 9.83. The summed E-state index contributed by atoms with van der Waals surface area (Å²) in [7, 11) is 0. The van der Waals surface area contributed by atoms with E-state index in [0.717, 1.165) is 25.7 Å². The largest absolute Gasteiger partial charge is 0.481 e. The number of allylic oxidation sites excluding steroid dienone is 1. The first-order chi connectivity index (χ1) is 7.02. The van der Waals surface area contributed by atoms with Crippen LogP contribution in [0.3, 0.4) is 0 Å². The molecule has 1 aliphatic rings. The van der Waals surface area contributed by atoms with E-state index in [2.05, 4.69) is 20.4 Å². The Morgan fingerprint density at radius 1 is 1.53 bits per heavy atom. The molecule has 0 radical (unpaired) electrons. The van der Waals surface area contributed by atoms with Crippen LogP contribution in [0.1, 0.15) is 46.0 Å². The Labute approximate surface area is 92.4 Å². The molecule has 0 aromatic rings. The third-order valence-corrected chi connectivity index (χ3v) is 3.92. The van der Waals surface area contributed by atoms with Crippen LogP contribution in [0.25, 0.3) is 0 Å². The minimum atomic E-state index is -0.635. The topological polar surface area (TPSA) is 37.3 Å². The van der Waals surface area contributed by atoms with Gasteiger partial charge < -0.3 is 5.11 Å². The Balaban J connectivity index is 2.65. The van der Waals surface area contributed by atoms with Gasteiger partial charge in [-0.25, -0.2) is 0 Å². The van der Waals surface area contributed by atoms with Gasteiger partial charge in [-0.3, -0.25) is 4.79 Å². The minimum Gasteiger partial charge on any atom is -0.481 e. The number of aliphatic carboxylic acids is 1. The highest BCUT2D eigenvalue weighted by molar-refractivity contribution is 5.75. The molecule has 0 aliphatic heterocycles. The van der Waals surface area contributed by atoms with Crippen LogP contribution in [-0.2, 0) is 4.79 Å². The van der Waals surface area contributed by atoms with Gasteiger partial charge >= 0.3 is 5.97 Å². The molecule has 0 amide bonds. The SMILES string of the molecule is C=CCC1(C(=O)O)CCC(C(C)C)CC1. The Morgan fingerprint density at radius 3 is 2.40 bits per heavy atom. The Bertz CT molecular complexity index is 235. The van der Waals surface area contributed by atoms with Crippen molar-refractivity contribution in [2.45, 2.75) is 46.0 Å². The van der Waals surface area contributed by atoms with E-state index in [4.69, 9.17) is 0 Å². The third kappa shape index (κ3) is 2.61. The van der Waals surface area contributed by atoms with Crippen molar-refractivity contribution in [2.75, 3.05) is 0 Å². The van der Waals surface area contributed by atoms with Crippen LogP contribution < -0.4 is 0 Å². The zero-order chi connectivity index (χ0) is 11.5. The zero-order valence-corrected chi connectivity index (χ0v) is 9.83. The third-order valence-electron chi connectivity index (χ3n) is 3.92. The van der Waals surface area contributed by atoms with Gasteiger partial charge in [-0.15, -0.1) is 6.58 Å². The fourth-order valence-corrected chi connectivity index (χ4v) is 2.64. The first kappa shape index (κ1) is 12.3. The normalized spacial score (nSPS) is 31.5. The highest BCUT2D eigenvalue weighted by Crippen LogP contribution is 2.44. The molecule has 86 valence electrons. The second-order valence-corrected chi connectivity index (χ2v) is 5.16. The highest BCUT2D eigenvalue weighted by atomic mass is 16.4. The quantitative estimate of drug-likeness (QED) is 0.721. The number of carbonyl (C=O) groups is 1. The lowest BCUT2D eigenvalue weighted by molar-refractivity contribution is -0.151. The summed E-state index contributed by atoms with van der Waals surface area (Å²) in [6.45, 7) is 8.13. The van der Waals surface area contributed by atoms with E-state index in [1.807, 2.05) is 0 Å². The second kappa shape index (κ2) is 4.82. The van der Waals surface area contributed by atoms with E-state index in [1.54, 1.807) is 6.08 Å². The number of carboxylic acid groups (broad SMARTS) is 1. The molecule has 0 atom stereocenters. The molecule has 1 fully saturated rings. The van der Waals surface area contributed by atoms with E-state index >= 15 is 0 Å². The summed E-state index contributed by atoms with van der Waals surface area (Å²) in [5.41, 5.74) is -0.507. The van der Waals surface area contributed by atoms with Crippen molar-refractivity contribution in [3.8, 4) is 0 Å². The van der Waals surface area contributed by atoms with Gasteiger partial charge in [0.05, 0.1) is 5.41 Å². The Morgan fingerprint density at radius 2 is 2.07 bits per heavy atom. The van der Waals surface area contributed by atoms with Gasteiger partial charge in [0.15, 0.2) is 0 Å². The van der Waals surface area contributed by atoms with Crippen LogP contribution in [0, 0.1) is 17.3 Å². The first-order valence-electron chi connectivity index (χ1n) is 5.86. The van der Waals surface area contributed by atoms with Crippen molar-refractivity contribution < 1.29 is 9.90 Å². The average Bonchev–Trinajstić information content (AvgIpc) is 2.18. The molecule has 1 rings (SSSR count). The summed E-state index contributed by atoms with van der Waals surface area (Å²) in [5.74, 6) is 0.757. The van der Waals surface area contributed by atoms with E-state index in [1.165, 1.54) is 0 Å². The van der Waals surface area contributed by atoms with E-state index in [9.17, 15) is 9.90 Å². The summed E-state index contributed by atoms with van der Waals surface area (Å²) in [4.78, 5) is 11.3. The maximum Gasteiger partial charge on any atom is 0.309 e. The predicted octanol–water partition coefficient (Wildman–Crippen LogP) is 3.48. The predicted molar refractivity (Wildman–Crippen MR) is 61.7 cm³/mol. The molecule has 0 unspecified atom stereocenters. The molecule has 0 aromatic carbocycles. The van der Waals surface area contributed by atoms with Gasteiger partial charge in [0, 0.05) is 0 Å². The molecule has 1 saturated carbocycles. The molecule has 2 heteroatoms. The van der Waals surface area contributed by atoms with E-state index in [0.29, 0.717) is 18.3 Å². The lowest BCUT2D eigenvalue weighted by Gasteiger charge is -2.37. The van der Waals surface area contributed by atoms with Crippen molar-refractivity contribution in [3.63, 3.8) is 0 Å². The van der Waals surface area contributed by atoms with Gasteiger partial charge in [-0.05, 0) is 43.9 Å². The summed E-state index contributed by atoms with van der Waals surface area (Å²) in [5, 5.41) is 9.30. The van der Waals surface area contributed by atoms with E-state index < -0.39 is 11.4 Å². The minimum absolute atomic E-state index is 0.507. The average molecular weight is 210 g/mol. The molecule has 0 bridgehead atoms. The van der Waals surface area contributed by atoms with Crippen molar-refractivity contribution in [2.24, 2.45) is 17.3 Å². The van der Waals surface area contributed by atoms with Crippen molar-refractivity contribution >= 4 is 5.97 Å². The van der Waals surface area contributed by atoms with Gasteiger partial charge in [-0.1, -0.05) is 19.9 Å². The molecule has 1 aliphatic carbocycles. The van der Waals surface area contributed by atoms with Crippen molar-refractivity contribution in [1.29, 1.82) is 0 Å². The number of hydrogen-bond donors (Lipinski definition) is 1. The fraction of sp³-hybridized carbons (Fsp3) is 0.769. The second-order valence-electron chi connectivity index (χ2n) is 5.16. The van der Waals surface area contributed by atoms with Crippen LogP contribution in [0.5, 0.6) is 0 Å². The van der Waals surface area contributed by atoms with Crippen LogP contribution in [0.2, 0.25) is 0 Å². The fourth-order valence-electron chi connectivity index (χ4n) is 2.64. The molecule has 0 aromatic heterocycles. The van der Waals surface area contributed by atoms with Crippen LogP contribution in [-0.4, -0.2) is 11.1 Å². The summed E-state index contributed by atoms with van der Waals surface area (Å²) >= 11 is 0. The lowest BCUT2D eigenvalue weighted by atomic mass is 9.66.